The molecule has 0 aliphatic carbocycles. The summed E-state index contributed by atoms with van der Waals surface area (Å²) in [5, 5.41) is 3.51. The van der Waals surface area contributed by atoms with Crippen molar-refractivity contribution in [2.24, 2.45) is 0 Å². The van der Waals surface area contributed by atoms with Crippen LogP contribution in [0.4, 0.5) is 0 Å². The molecular formula is C18H28N2O3. The lowest BCUT2D eigenvalue weighted by molar-refractivity contribution is -0.0182. The summed E-state index contributed by atoms with van der Waals surface area (Å²) in [6, 6.07) is 4.27. The van der Waals surface area contributed by atoms with Crippen LogP contribution in [0.25, 0.3) is 0 Å². The third-order valence-electron chi connectivity index (χ3n) is 4.41. The average Bonchev–Trinajstić information content (AvgIpc) is 2.87. The molecule has 2 atom stereocenters. The molecule has 3 rings (SSSR count). The Morgan fingerprint density at radius 3 is 3.04 bits per heavy atom. The molecule has 0 aromatic heterocycles. The molecule has 0 spiro atoms. The Kier molecular flexibility index (Phi) is 5.41. The first-order valence-electron chi connectivity index (χ1n) is 8.61. The maximum atomic E-state index is 5.88. The molecule has 128 valence electrons. The zero-order valence-electron chi connectivity index (χ0n) is 14.4. The summed E-state index contributed by atoms with van der Waals surface area (Å²) >= 11 is 0. The summed E-state index contributed by atoms with van der Waals surface area (Å²) in [5.74, 6) is 1.98. The van der Waals surface area contributed by atoms with Gasteiger partial charge in [-0.3, -0.25) is 0 Å². The van der Waals surface area contributed by atoms with E-state index in [0.29, 0.717) is 6.61 Å². The molecule has 1 N–H and O–H groups in total. The monoisotopic (exact) mass is 320 g/mol. The third-order valence-corrected chi connectivity index (χ3v) is 4.41. The number of nitrogens with zero attached hydrogens (tertiary/aromatic N) is 1. The van der Waals surface area contributed by atoms with Gasteiger partial charge in [0.25, 0.3) is 0 Å². The van der Waals surface area contributed by atoms with Crippen LogP contribution >= 0.6 is 0 Å². The number of morpholine rings is 1. The predicted molar refractivity (Wildman–Crippen MR) is 90.3 cm³/mol. The predicted octanol–water partition coefficient (Wildman–Crippen LogP) is 1.83. The average molecular weight is 320 g/mol. The maximum absolute atomic E-state index is 5.88. The van der Waals surface area contributed by atoms with Gasteiger partial charge in [0.15, 0.2) is 0 Å². The van der Waals surface area contributed by atoms with Crippen LogP contribution < -0.4 is 14.8 Å². The number of ether oxygens (including phenoxy) is 3. The van der Waals surface area contributed by atoms with Crippen molar-refractivity contribution in [1.29, 1.82) is 0 Å². The summed E-state index contributed by atoms with van der Waals surface area (Å²) in [5.41, 5.74) is 2.41. The highest BCUT2D eigenvalue weighted by molar-refractivity contribution is 5.48. The largest absolute Gasteiger partial charge is 0.494 e. The van der Waals surface area contributed by atoms with Crippen LogP contribution in [0.2, 0.25) is 0 Å². The van der Waals surface area contributed by atoms with Crippen molar-refractivity contribution < 1.29 is 14.2 Å². The number of likely N-dealkylation sites (N-methyl/N-ethyl adjacent to an activating group) is 1. The Morgan fingerprint density at radius 2 is 2.26 bits per heavy atom. The van der Waals surface area contributed by atoms with Gasteiger partial charge < -0.3 is 24.4 Å². The Labute approximate surface area is 138 Å². The number of fused-ring (bicyclic) bond motifs is 1. The molecule has 5 heteroatoms. The summed E-state index contributed by atoms with van der Waals surface area (Å²) < 4.78 is 17.5. The van der Waals surface area contributed by atoms with E-state index in [1.165, 1.54) is 5.56 Å². The second kappa shape index (κ2) is 7.51. The van der Waals surface area contributed by atoms with Gasteiger partial charge in [-0.2, -0.15) is 0 Å². The topological polar surface area (TPSA) is 43.0 Å². The first kappa shape index (κ1) is 16.6. The number of hydrogen-bond donors (Lipinski definition) is 1. The zero-order valence-corrected chi connectivity index (χ0v) is 14.4. The molecule has 5 nitrogen and oxygen atoms in total. The lowest BCUT2D eigenvalue weighted by Crippen LogP contribution is -2.44. The lowest BCUT2D eigenvalue weighted by atomic mass is 10.1. The van der Waals surface area contributed by atoms with E-state index in [4.69, 9.17) is 14.2 Å². The van der Waals surface area contributed by atoms with E-state index < -0.39 is 0 Å². The Balaban J connectivity index is 1.61. The van der Waals surface area contributed by atoms with Crippen LogP contribution in [0.15, 0.2) is 12.1 Å². The van der Waals surface area contributed by atoms with Gasteiger partial charge in [-0.1, -0.05) is 0 Å². The highest BCUT2D eigenvalue weighted by Gasteiger charge is 2.22. The van der Waals surface area contributed by atoms with Gasteiger partial charge in [0.1, 0.15) is 17.6 Å². The first-order chi connectivity index (χ1) is 11.2. The SMILES string of the molecule is CCOc1cc2c(cc1CNC[C@H]1CN(C)CCO1)O[C@H](C)C2. The van der Waals surface area contributed by atoms with Crippen molar-refractivity contribution in [1.82, 2.24) is 10.2 Å². The molecule has 0 radical (unpaired) electrons. The van der Waals surface area contributed by atoms with Gasteiger partial charge >= 0.3 is 0 Å². The van der Waals surface area contributed by atoms with Gasteiger partial charge in [0.2, 0.25) is 0 Å². The summed E-state index contributed by atoms with van der Waals surface area (Å²) in [6.45, 7) is 9.25. The molecule has 1 saturated heterocycles. The van der Waals surface area contributed by atoms with E-state index in [9.17, 15) is 0 Å². The van der Waals surface area contributed by atoms with Crippen LogP contribution in [0.3, 0.4) is 0 Å². The van der Waals surface area contributed by atoms with Gasteiger partial charge in [-0.25, -0.2) is 0 Å². The van der Waals surface area contributed by atoms with Gasteiger partial charge in [0.05, 0.1) is 19.3 Å². The Hall–Kier alpha value is -1.30. The molecule has 0 amide bonds. The van der Waals surface area contributed by atoms with E-state index in [2.05, 4.69) is 36.3 Å². The fourth-order valence-electron chi connectivity index (χ4n) is 3.27. The van der Waals surface area contributed by atoms with Crippen molar-refractivity contribution >= 4 is 0 Å². The number of nitrogens with one attached hydrogen (secondary N) is 1. The highest BCUT2D eigenvalue weighted by atomic mass is 16.5. The van der Waals surface area contributed by atoms with E-state index >= 15 is 0 Å². The van der Waals surface area contributed by atoms with Crippen LogP contribution in [-0.2, 0) is 17.7 Å². The quantitative estimate of drug-likeness (QED) is 0.866. The van der Waals surface area contributed by atoms with Crippen LogP contribution in [-0.4, -0.2) is 57.0 Å². The molecule has 1 aromatic carbocycles. The van der Waals surface area contributed by atoms with Crippen molar-refractivity contribution in [3.8, 4) is 11.5 Å². The molecule has 2 aliphatic heterocycles. The van der Waals surface area contributed by atoms with Crippen molar-refractivity contribution in [3.05, 3.63) is 23.3 Å². The molecule has 0 unspecified atom stereocenters. The standard InChI is InChI=1S/C18H28N2O3/c1-4-21-17-8-14-7-13(2)23-18(14)9-15(17)10-19-11-16-12-20(3)5-6-22-16/h8-9,13,16,19H,4-7,10-12H2,1-3H3/t13-,16+/m1/s1. The first-order valence-corrected chi connectivity index (χ1v) is 8.61. The van der Waals surface area contributed by atoms with E-state index in [1.54, 1.807) is 0 Å². The van der Waals surface area contributed by atoms with E-state index in [-0.39, 0.29) is 12.2 Å². The Morgan fingerprint density at radius 1 is 1.39 bits per heavy atom. The molecular weight excluding hydrogens is 292 g/mol. The fourth-order valence-corrected chi connectivity index (χ4v) is 3.27. The molecule has 1 fully saturated rings. The second-order valence-electron chi connectivity index (χ2n) is 6.52. The van der Waals surface area contributed by atoms with Crippen LogP contribution in [0, 0.1) is 0 Å². The highest BCUT2D eigenvalue weighted by Crippen LogP contribution is 2.35. The summed E-state index contributed by atoms with van der Waals surface area (Å²) in [6.07, 6.45) is 1.48. The summed E-state index contributed by atoms with van der Waals surface area (Å²) in [7, 11) is 2.14. The second-order valence-corrected chi connectivity index (χ2v) is 6.52. The zero-order chi connectivity index (χ0) is 16.2. The minimum atomic E-state index is 0.258. The van der Waals surface area contributed by atoms with Gasteiger partial charge in [-0.05, 0) is 33.0 Å². The van der Waals surface area contributed by atoms with Crippen molar-refractivity contribution in [3.63, 3.8) is 0 Å². The molecule has 23 heavy (non-hydrogen) atoms. The maximum Gasteiger partial charge on any atom is 0.124 e. The van der Waals surface area contributed by atoms with Gasteiger partial charge in [0, 0.05) is 43.7 Å². The Bertz CT molecular complexity index is 535. The minimum Gasteiger partial charge on any atom is -0.494 e. The molecule has 2 heterocycles. The third kappa shape index (κ3) is 4.16. The van der Waals surface area contributed by atoms with Crippen LogP contribution in [0.1, 0.15) is 25.0 Å². The molecule has 0 saturated carbocycles. The minimum absolute atomic E-state index is 0.258. The van der Waals surface area contributed by atoms with Crippen molar-refractivity contribution in [2.45, 2.75) is 39.0 Å². The number of hydrogen-bond acceptors (Lipinski definition) is 5. The fraction of sp³-hybridized carbons (Fsp3) is 0.667. The van der Waals surface area contributed by atoms with Crippen LogP contribution in [0.5, 0.6) is 11.5 Å². The molecule has 1 aromatic rings. The lowest BCUT2D eigenvalue weighted by Gasteiger charge is -2.30. The smallest absolute Gasteiger partial charge is 0.124 e. The number of rotatable bonds is 6. The molecule has 0 bridgehead atoms. The van der Waals surface area contributed by atoms with Gasteiger partial charge in [-0.15, -0.1) is 0 Å². The summed E-state index contributed by atoms with van der Waals surface area (Å²) in [4.78, 5) is 2.31. The van der Waals surface area contributed by atoms with E-state index in [1.807, 2.05) is 6.92 Å². The van der Waals surface area contributed by atoms with Crippen molar-refractivity contribution in [2.75, 3.05) is 39.9 Å². The van der Waals surface area contributed by atoms with E-state index in [0.717, 1.165) is 56.3 Å². The number of benzene rings is 1. The molecule has 2 aliphatic rings. The normalized spacial score (nSPS) is 24.3.